The molecule has 1 aromatic carbocycles. The third-order valence-corrected chi connectivity index (χ3v) is 5.87. The molecule has 1 unspecified atom stereocenters. The molecule has 2 atom stereocenters. The number of anilines is 1. The molecular formula is C21H25N5O. The van der Waals surface area contributed by atoms with Gasteiger partial charge in [0.2, 0.25) is 5.91 Å². The molecule has 0 saturated carbocycles. The van der Waals surface area contributed by atoms with E-state index in [-0.39, 0.29) is 11.9 Å². The second kappa shape index (κ2) is 7.53. The molecule has 1 amide bonds. The van der Waals surface area contributed by atoms with Crippen LogP contribution >= 0.6 is 0 Å². The quantitative estimate of drug-likeness (QED) is 0.834. The largest absolute Gasteiger partial charge is 0.370 e. The number of likely N-dealkylation sites (N-methyl/N-ethyl adjacent to an activating group) is 1. The molecule has 4 rings (SSSR count). The van der Waals surface area contributed by atoms with E-state index in [2.05, 4.69) is 52.2 Å². The lowest BCUT2D eigenvalue weighted by Gasteiger charge is -2.28. The molecule has 1 aromatic heterocycles. The number of carbonyl (C=O) groups is 1. The molecule has 6 heteroatoms. The van der Waals surface area contributed by atoms with Crippen LogP contribution in [0.2, 0.25) is 0 Å². The van der Waals surface area contributed by atoms with Crippen LogP contribution in [-0.2, 0) is 4.79 Å². The molecule has 6 nitrogen and oxygen atoms in total. The number of hydrogen-bond acceptors (Lipinski definition) is 5. The Balaban J connectivity index is 1.38. The first-order valence-corrected chi connectivity index (χ1v) is 9.65. The fourth-order valence-electron chi connectivity index (χ4n) is 4.24. The summed E-state index contributed by atoms with van der Waals surface area (Å²) in [5.74, 6) is 0.0947. The average molecular weight is 363 g/mol. The van der Waals surface area contributed by atoms with Crippen molar-refractivity contribution in [3.8, 4) is 6.07 Å². The van der Waals surface area contributed by atoms with E-state index in [1.165, 1.54) is 0 Å². The number of rotatable bonds is 4. The number of nitrogens with zero attached hydrogens (tertiary/aromatic N) is 5. The molecule has 0 spiro atoms. The molecule has 2 aromatic rings. The summed E-state index contributed by atoms with van der Waals surface area (Å²) in [5, 5.41) is 10.3. The Morgan fingerprint density at radius 3 is 3.07 bits per heavy atom. The number of benzene rings is 1. The van der Waals surface area contributed by atoms with Gasteiger partial charge in [-0.05, 0) is 37.5 Å². The van der Waals surface area contributed by atoms with Gasteiger partial charge in [-0.2, -0.15) is 5.26 Å². The summed E-state index contributed by atoms with van der Waals surface area (Å²) >= 11 is 0. The fraction of sp³-hybridized carbons (Fsp3) is 0.476. The van der Waals surface area contributed by atoms with Crippen molar-refractivity contribution in [2.45, 2.75) is 31.3 Å². The Bertz CT molecular complexity index is 876. The Morgan fingerprint density at radius 2 is 2.22 bits per heavy atom. The van der Waals surface area contributed by atoms with Crippen LogP contribution < -0.4 is 4.90 Å². The lowest BCUT2D eigenvalue weighted by molar-refractivity contribution is -0.132. The van der Waals surface area contributed by atoms with E-state index in [0.29, 0.717) is 12.6 Å². The average Bonchev–Trinajstić information content (AvgIpc) is 3.36. The van der Waals surface area contributed by atoms with E-state index in [1.807, 2.05) is 12.3 Å². The Morgan fingerprint density at radius 1 is 1.33 bits per heavy atom. The number of amides is 1. The summed E-state index contributed by atoms with van der Waals surface area (Å²) < 4.78 is 0. The summed E-state index contributed by atoms with van der Waals surface area (Å²) in [4.78, 5) is 23.3. The molecule has 140 valence electrons. The van der Waals surface area contributed by atoms with Crippen LogP contribution in [0.4, 0.5) is 5.69 Å². The minimum atomic E-state index is -0.233. The molecule has 0 bridgehead atoms. The van der Waals surface area contributed by atoms with Gasteiger partial charge in [0.05, 0.1) is 18.1 Å². The Hall–Kier alpha value is -2.65. The molecule has 0 N–H and O–H groups in total. The van der Waals surface area contributed by atoms with Crippen molar-refractivity contribution in [3.63, 3.8) is 0 Å². The molecule has 2 aliphatic rings. The minimum Gasteiger partial charge on any atom is -0.370 e. The van der Waals surface area contributed by atoms with E-state index < -0.39 is 0 Å². The predicted molar refractivity (Wildman–Crippen MR) is 105 cm³/mol. The van der Waals surface area contributed by atoms with Gasteiger partial charge in [-0.15, -0.1) is 0 Å². The highest BCUT2D eigenvalue weighted by atomic mass is 16.2. The molecule has 27 heavy (non-hydrogen) atoms. The first kappa shape index (κ1) is 17.7. The van der Waals surface area contributed by atoms with Crippen molar-refractivity contribution >= 4 is 22.5 Å². The molecular weight excluding hydrogens is 338 g/mol. The van der Waals surface area contributed by atoms with Crippen molar-refractivity contribution in [2.24, 2.45) is 0 Å². The first-order chi connectivity index (χ1) is 13.2. The van der Waals surface area contributed by atoms with Gasteiger partial charge in [-0.25, -0.2) is 0 Å². The summed E-state index contributed by atoms with van der Waals surface area (Å²) in [6, 6.07) is 12.8. The highest BCUT2D eigenvalue weighted by molar-refractivity contribution is 5.82. The molecule has 0 aliphatic carbocycles. The number of likely N-dealkylation sites (tertiary alicyclic amines) is 2. The standard InChI is InChI=1S/C21H25N5O/c1-24(17-7-6-16-4-2-9-23-20(16)12-17)19-8-11-25(14-19)15-21(27)26-10-3-5-18(26)13-22/h2,4,6-7,9,12,18-19H,3,5,8,10-11,14-15H2,1H3/t18?,19-/m1/s1. The van der Waals surface area contributed by atoms with Gasteiger partial charge < -0.3 is 9.80 Å². The van der Waals surface area contributed by atoms with Crippen molar-refractivity contribution in [1.29, 1.82) is 5.26 Å². The third-order valence-electron chi connectivity index (χ3n) is 5.87. The number of aromatic nitrogens is 1. The van der Waals surface area contributed by atoms with Crippen LogP contribution in [0.1, 0.15) is 19.3 Å². The van der Waals surface area contributed by atoms with Crippen molar-refractivity contribution < 1.29 is 4.79 Å². The van der Waals surface area contributed by atoms with Crippen molar-refractivity contribution in [1.82, 2.24) is 14.8 Å². The number of fused-ring (bicyclic) bond motifs is 1. The zero-order chi connectivity index (χ0) is 18.8. The van der Waals surface area contributed by atoms with Crippen LogP contribution in [0.3, 0.4) is 0 Å². The second-order valence-electron chi connectivity index (χ2n) is 7.54. The second-order valence-corrected chi connectivity index (χ2v) is 7.54. The Kier molecular flexibility index (Phi) is 4.95. The summed E-state index contributed by atoms with van der Waals surface area (Å²) in [6.07, 6.45) is 4.60. The van der Waals surface area contributed by atoms with Crippen LogP contribution in [0.25, 0.3) is 10.9 Å². The summed E-state index contributed by atoms with van der Waals surface area (Å²) in [6.45, 7) is 2.92. The van der Waals surface area contributed by atoms with Gasteiger partial charge in [-0.3, -0.25) is 14.7 Å². The number of nitriles is 1. The van der Waals surface area contributed by atoms with E-state index in [0.717, 1.165) is 55.5 Å². The smallest absolute Gasteiger partial charge is 0.237 e. The molecule has 2 saturated heterocycles. The van der Waals surface area contributed by atoms with Crippen molar-refractivity contribution in [2.75, 3.05) is 38.1 Å². The zero-order valence-electron chi connectivity index (χ0n) is 15.7. The predicted octanol–water partition coefficient (Wildman–Crippen LogP) is 2.26. The molecule has 0 radical (unpaired) electrons. The lowest BCUT2D eigenvalue weighted by Crippen LogP contribution is -2.42. The summed E-state index contributed by atoms with van der Waals surface area (Å²) in [7, 11) is 2.12. The van der Waals surface area contributed by atoms with Gasteiger partial charge in [-0.1, -0.05) is 12.1 Å². The number of hydrogen-bond donors (Lipinski definition) is 0. The normalized spacial score (nSPS) is 22.9. The highest BCUT2D eigenvalue weighted by Crippen LogP contribution is 2.25. The lowest BCUT2D eigenvalue weighted by atomic mass is 10.1. The van der Waals surface area contributed by atoms with E-state index in [4.69, 9.17) is 0 Å². The molecule has 2 aliphatic heterocycles. The summed E-state index contributed by atoms with van der Waals surface area (Å²) in [5.41, 5.74) is 2.16. The van der Waals surface area contributed by atoms with Crippen molar-refractivity contribution in [3.05, 3.63) is 36.5 Å². The Labute approximate surface area is 160 Å². The topological polar surface area (TPSA) is 63.5 Å². The maximum Gasteiger partial charge on any atom is 0.237 e. The van der Waals surface area contributed by atoms with Gasteiger partial charge in [0.15, 0.2) is 0 Å². The van der Waals surface area contributed by atoms with Crippen LogP contribution in [0.15, 0.2) is 36.5 Å². The molecule has 2 fully saturated rings. The number of pyridine rings is 1. The van der Waals surface area contributed by atoms with Crippen LogP contribution in [-0.4, -0.2) is 66.0 Å². The van der Waals surface area contributed by atoms with Crippen LogP contribution in [0, 0.1) is 11.3 Å². The minimum absolute atomic E-state index is 0.0947. The highest BCUT2D eigenvalue weighted by Gasteiger charge is 2.32. The van der Waals surface area contributed by atoms with Gasteiger partial charge in [0.25, 0.3) is 0 Å². The SMILES string of the molecule is CN(c1ccc2cccnc2c1)[C@@H]1CCN(CC(=O)N2CCCC2C#N)C1. The third kappa shape index (κ3) is 3.60. The fourth-order valence-corrected chi connectivity index (χ4v) is 4.24. The van der Waals surface area contributed by atoms with Gasteiger partial charge >= 0.3 is 0 Å². The van der Waals surface area contributed by atoms with Gasteiger partial charge in [0, 0.05) is 50.0 Å². The van der Waals surface area contributed by atoms with Gasteiger partial charge in [0.1, 0.15) is 6.04 Å². The first-order valence-electron chi connectivity index (χ1n) is 9.65. The van der Waals surface area contributed by atoms with E-state index in [1.54, 1.807) is 4.90 Å². The zero-order valence-corrected chi connectivity index (χ0v) is 15.7. The maximum atomic E-state index is 12.6. The van der Waals surface area contributed by atoms with Crippen LogP contribution in [0.5, 0.6) is 0 Å². The monoisotopic (exact) mass is 363 g/mol. The van der Waals surface area contributed by atoms with E-state index >= 15 is 0 Å². The molecule has 3 heterocycles. The number of carbonyl (C=O) groups excluding carboxylic acids is 1. The van der Waals surface area contributed by atoms with E-state index in [9.17, 15) is 10.1 Å². The maximum absolute atomic E-state index is 12.6.